The van der Waals surface area contributed by atoms with Crippen LogP contribution in [0.1, 0.15) is 67.9 Å². The Morgan fingerprint density at radius 1 is 0.933 bits per heavy atom. The smallest absolute Gasteiger partial charge is 0.251 e. The second-order valence-electron chi connectivity index (χ2n) is 15.5. The fraction of sp³-hybridized carbons (Fsp3) is 0.348. The van der Waals surface area contributed by atoms with E-state index in [-0.39, 0.29) is 45.0 Å². The van der Waals surface area contributed by atoms with Gasteiger partial charge < -0.3 is 35.3 Å². The molecule has 1 saturated heterocycles. The Bertz CT molecular complexity index is 2480. The van der Waals surface area contributed by atoms with Crippen molar-refractivity contribution in [3.63, 3.8) is 0 Å². The third-order valence-corrected chi connectivity index (χ3v) is 13.4. The number of nitrogens with zero attached hydrogens (tertiary/aromatic N) is 2. The number of phenols is 1. The third-order valence-electron chi connectivity index (χ3n) is 11.7. The van der Waals surface area contributed by atoms with Gasteiger partial charge in [-0.3, -0.25) is 19.4 Å². The zero-order valence-corrected chi connectivity index (χ0v) is 34.8. The highest BCUT2D eigenvalue weighted by molar-refractivity contribution is 7.91. The van der Waals surface area contributed by atoms with Crippen LogP contribution in [0.15, 0.2) is 118 Å². The van der Waals surface area contributed by atoms with Gasteiger partial charge in [-0.15, -0.1) is 0 Å². The number of H-pyrrole nitrogens is 1. The Balaban J connectivity index is 0.894. The number of methoxy groups -OCH3 is 1. The van der Waals surface area contributed by atoms with Crippen LogP contribution in [0.2, 0.25) is 0 Å². The molecule has 60 heavy (non-hydrogen) atoms. The van der Waals surface area contributed by atoms with Gasteiger partial charge in [0.15, 0.2) is 0 Å². The number of piperazine rings is 1. The molecule has 7 rings (SSSR count). The monoisotopic (exact) mass is 835 g/mol. The molecule has 1 aromatic heterocycles. The molecule has 1 amide bonds. The highest BCUT2D eigenvalue weighted by atomic mass is 32.2. The van der Waals surface area contributed by atoms with Crippen molar-refractivity contribution in [2.75, 3.05) is 45.2 Å². The molecule has 2 fully saturated rings. The van der Waals surface area contributed by atoms with Crippen molar-refractivity contribution in [3.8, 4) is 17.2 Å². The molecule has 0 unspecified atom stereocenters. The lowest BCUT2D eigenvalue weighted by atomic mass is 9.93. The van der Waals surface area contributed by atoms with Gasteiger partial charge in [-0.1, -0.05) is 49.6 Å². The van der Waals surface area contributed by atoms with Gasteiger partial charge in [-0.05, 0) is 79.4 Å². The van der Waals surface area contributed by atoms with Gasteiger partial charge >= 0.3 is 0 Å². The van der Waals surface area contributed by atoms with Gasteiger partial charge in [0, 0.05) is 86.2 Å². The molecular weight excluding hydrogens is 783 g/mol. The maximum atomic E-state index is 13.6. The van der Waals surface area contributed by atoms with E-state index >= 15 is 0 Å². The Kier molecular flexibility index (Phi) is 13.7. The number of nitrogens with one attached hydrogen (secondary N) is 3. The lowest BCUT2D eigenvalue weighted by Crippen LogP contribution is -2.51. The Hall–Kier alpha value is -5.51. The maximum Gasteiger partial charge on any atom is 0.251 e. The number of aromatic amines is 1. The number of carbonyl (C=O) groups excluding carboxylic acids is 1. The first-order chi connectivity index (χ1) is 29.0. The van der Waals surface area contributed by atoms with Gasteiger partial charge in [-0.2, -0.15) is 0 Å². The summed E-state index contributed by atoms with van der Waals surface area (Å²) < 4.78 is 38.5. The van der Waals surface area contributed by atoms with E-state index in [1.165, 1.54) is 75.8 Å². The fourth-order valence-electron chi connectivity index (χ4n) is 8.25. The molecule has 14 heteroatoms. The van der Waals surface area contributed by atoms with Crippen molar-refractivity contribution in [2.45, 2.75) is 73.6 Å². The molecule has 1 saturated carbocycles. The largest absolute Gasteiger partial charge is 0.506 e. The van der Waals surface area contributed by atoms with Crippen LogP contribution in [0.25, 0.3) is 10.9 Å². The molecule has 13 nitrogen and oxygen atoms in total. The zero-order chi connectivity index (χ0) is 42.2. The topological polar surface area (TPSA) is 174 Å². The minimum atomic E-state index is -3.83. The number of ether oxygens (including phenoxy) is 2. The number of aliphatic hydroxyl groups excluding tert-OH is 1. The molecule has 5 N–H and O–H groups in total. The Morgan fingerprint density at radius 2 is 1.70 bits per heavy atom. The number of hydrogen-bond donors (Lipinski definition) is 5. The number of benzene rings is 4. The number of aromatic nitrogens is 1. The third kappa shape index (κ3) is 10.1. The molecule has 1 aliphatic heterocycles. The number of hydrogen-bond acceptors (Lipinski definition) is 11. The van der Waals surface area contributed by atoms with E-state index in [9.17, 15) is 28.2 Å². The van der Waals surface area contributed by atoms with Gasteiger partial charge in [0.25, 0.3) is 5.91 Å². The number of pyridine rings is 1. The minimum Gasteiger partial charge on any atom is -0.506 e. The van der Waals surface area contributed by atoms with Crippen molar-refractivity contribution >= 4 is 32.3 Å². The van der Waals surface area contributed by atoms with Crippen LogP contribution in [-0.2, 0) is 21.2 Å². The number of carbonyl (C=O) groups is 1. The van der Waals surface area contributed by atoms with Crippen molar-refractivity contribution in [1.82, 2.24) is 20.1 Å². The number of fused-ring (bicyclic) bond motifs is 1. The molecule has 0 spiro atoms. The highest BCUT2D eigenvalue weighted by Gasteiger charge is 2.28. The first kappa shape index (κ1) is 42.6. The average Bonchev–Trinajstić information content (AvgIpc) is 3.27. The number of rotatable bonds is 15. The first-order valence-electron chi connectivity index (χ1n) is 20.5. The predicted molar refractivity (Wildman–Crippen MR) is 231 cm³/mol. The summed E-state index contributed by atoms with van der Waals surface area (Å²) in [5.41, 5.74) is 2.79. The summed E-state index contributed by atoms with van der Waals surface area (Å²) in [6, 6.07) is 25.4. The Morgan fingerprint density at radius 3 is 2.45 bits per heavy atom. The average molecular weight is 836 g/mol. The number of aliphatic hydroxyl groups is 1. The normalized spacial score (nSPS) is 16.8. The van der Waals surface area contributed by atoms with Crippen molar-refractivity contribution < 1.29 is 32.9 Å². The van der Waals surface area contributed by atoms with E-state index in [2.05, 4.69) is 32.3 Å². The van der Waals surface area contributed by atoms with Crippen LogP contribution in [0.3, 0.4) is 0 Å². The van der Waals surface area contributed by atoms with E-state index in [0.29, 0.717) is 28.9 Å². The lowest BCUT2D eigenvalue weighted by molar-refractivity contribution is -0.112. The van der Waals surface area contributed by atoms with Crippen LogP contribution < -0.4 is 25.7 Å². The molecule has 2 atom stereocenters. The van der Waals surface area contributed by atoms with Gasteiger partial charge in [-0.25, -0.2) is 8.42 Å². The van der Waals surface area contributed by atoms with Crippen LogP contribution >= 0.6 is 0 Å². The number of amides is 1. The molecule has 4 aromatic carbocycles. The summed E-state index contributed by atoms with van der Waals surface area (Å²) in [7, 11) is -2.31. The SMILES string of the molecule is COc1cc(NC(=O)C=COc2cccc(S(=O)(=O)c3ccc([C@H](C)N4CCN(C5CCCCC5)CC4)cc3)c2)ccc1CNC[C@H](O)c1ccc(O)c2[nH]c(=O)ccc12. The standard InChI is InChI=1S/C46H53N5O8S/c1-31(50-22-24-51(25-23-50)35-7-4-3-5-8-35)32-12-15-37(16-13-32)60(56,57)38-10-6-9-36(28-38)59-26-21-45(55)48-34-14-11-33(43(27-34)58-2)29-47-30-42(53)39-17-19-41(52)46-40(39)18-20-44(54)49-46/h6,9-21,26-28,31,35,42,47,52-53H,3-5,7-8,22-25,29-30H2,1-2H3,(H,48,55)(H,49,54)/t31-,42-/m0/s1. The van der Waals surface area contributed by atoms with Crippen molar-refractivity contribution in [2.24, 2.45) is 0 Å². The maximum absolute atomic E-state index is 13.6. The summed E-state index contributed by atoms with van der Waals surface area (Å²) in [6.45, 7) is 6.86. The van der Waals surface area contributed by atoms with Crippen molar-refractivity contribution in [1.29, 1.82) is 0 Å². The first-order valence-corrected chi connectivity index (χ1v) is 22.0. The number of anilines is 1. The van der Waals surface area contributed by atoms with Gasteiger partial charge in [0.1, 0.15) is 17.2 Å². The van der Waals surface area contributed by atoms with E-state index in [1.54, 1.807) is 54.6 Å². The second-order valence-corrected chi connectivity index (χ2v) is 17.4. The summed E-state index contributed by atoms with van der Waals surface area (Å²) in [6.07, 6.45) is 8.13. The van der Waals surface area contributed by atoms with Crippen LogP contribution in [0, 0.1) is 0 Å². The zero-order valence-electron chi connectivity index (χ0n) is 34.0. The molecule has 316 valence electrons. The number of aromatic hydroxyl groups is 1. The molecule has 0 radical (unpaired) electrons. The summed E-state index contributed by atoms with van der Waals surface area (Å²) in [5.74, 6) is 0.209. The Labute approximate surface area is 350 Å². The molecule has 2 aliphatic rings. The summed E-state index contributed by atoms with van der Waals surface area (Å²) in [4.78, 5) is 32.5. The fourth-order valence-corrected chi connectivity index (χ4v) is 9.55. The number of sulfone groups is 1. The summed E-state index contributed by atoms with van der Waals surface area (Å²) in [5, 5.41) is 27.5. The van der Waals surface area contributed by atoms with Crippen LogP contribution in [0.5, 0.6) is 17.2 Å². The van der Waals surface area contributed by atoms with Crippen LogP contribution in [0.4, 0.5) is 5.69 Å². The summed E-state index contributed by atoms with van der Waals surface area (Å²) >= 11 is 0. The van der Waals surface area contributed by atoms with Crippen LogP contribution in [-0.4, -0.2) is 85.2 Å². The van der Waals surface area contributed by atoms with E-state index in [4.69, 9.17) is 9.47 Å². The van der Waals surface area contributed by atoms with E-state index in [0.717, 1.165) is 43.3 Å². The lowest BCUT2D eigenvalue weighted by Gasteiger charge is -2.42. The molecular formula is C46H53N5O8S. The quantitative estimate of drug-likeness (QED) is 0.0581. The predicted octanol–water partition coefficient (Wildman–Crippen LogP) is 6.44. The molecule has 1 aliphatic carbocycles. The van der Waals surface area contributed by atoms with Gasteiger partial charge in [0.05, 0.1) is 34.8 Å². The minimum absolute atomic E-state index is 0.0830. The molecule has 2 heterocycles. The van der Waals surface area contributed by atoms with E-state index in [1.807, 2.05) is 12.1 Å². The second kappa shape index (κ2) is 19.3. The number of phenolic OH excluding ortho intramolecular Hbond substituents is 1. The van der Waals surface area contributed by atoms with E-state index < -0.39 is 21.8 Å². The van der Waals surface area contributed by atoms with Gasteiger partial charge in [0.2, 0.25) is 15.4 Å². The molecule has 5 aromatic rings. The highest BCUT2D eigenvalue weighted by Crippen LogP contribution is 2.31. The molecule has 0 bridgehead atoms. The van der Waals surface area contributed by atoms with Crippen molar-refractivity contribution in [3.05, 3.63) is 130 Å².